The van der Waals surface area contributed by atoms with E-state index in [-0.39, 0.29) is 6.04 Å². The summed E-state index contributed by atoms with van der Waals surface area (Å²) in [4.78, 5) is 1.18. The van der Waals surface area contributed by atoms with Crippen molar-refractivity contribution in [3.05, 3.63) is 28.1 Å². The summed E-state index contributed by atoms with van der Waals surface area (Å²) in [7, 11) is 0. The van der Waals surface area contributed by atoms with Crippen molar-refractivity contribution in [2.45, 2.75) is 33.4 Å². The molecule has 0 atom stereocenters. The number of anilines is 1. The van der Waals surface area contributed by atoms with Gasteiger partial charge in [0.05, 0.1) is 11.7 Å². The molecule has 2 heterocycles. The van der Waals surface area contributed by atoms with Crippen LogP contribution in [0.15, 0.2) is 17.5 Å². The van der Waals surface area contributed by atoms with E-state index >= 15 is 0 Å². The van der Waals surface area contributed by atoms with Crippen molar-refractivity contribution < 1.29 is 4.74 Å². The summed E-state index contributed by atoms with van der Waals surface area (Å²) in [5.74, 6) is 0.672. The van der Waals surface area contributed by atoms with Crippen LogP contribution in [0.2, 0.25) is 0 Å². The smallest absolute Gasteiger partial charge is 0.236 e. The zero-order valence-electron chi connectivity index (χ0n) is 10.3. The first-order valence-electron chi connectivity index (χ1n) is 5.59. The molecule has 0 amide bonds. The van der Waals surface area contributed by atoms with E-state index in [9.17, 15) is 0 Å². The predicted octanol–water partition coefficient (Wildman–Crippen LogP) is 3.00. The van der Waals surface area contributed by atoms with Gasteiger partial charge in [-0.15, -0.1) is 11.3 Å². The number of thiophene rings is 1. The maximum absolute atomic E-state index is 5.98. The Hall–Kier alpha value is -1.49. The van der Waals surface area contributed by atoms with Gasteiger partial charge in [-0.1, -0.05) is 6.07 Å². The van der Waals surface area contributed by atoms with Gasteiger partial charge in [0.1, 0.15) is 12.3 Å². The average Bonchev–Trinajstić information content (AvgIpc) is 2.87. The van der Waals surface area contributed by atoms with Gasteiger partial charge in [0.15, 0.2) is 0 Å². The molecular weight excluding hydrogens is 234 g/mol. The average molecular weight is 251 g/mol. The van der Waals surface area contributed by atoms with Gasteiger partial charge < -0.3 is 10.5 Å². The van der Waals surface area contributed by atoms with E-state index in [1.807, 2.05) is 29.1 Å². The van der Waals surface area contributed by atoms with E-state index in [0.29, 0.717) is 18.2 Å². The third-order valence-electron chi connectivity index (χ3n) is 2.51. The number of aryl methyl sites for hydroxylation is 1. The van der Waals surface area contributed by atoms with Crippen LogP contribution in [0.3, 0.4) is 0 Å². The van der Waals surface area contributed by atoms with Gasteiger partial charge in [-0.05, 0) is 32.2 Å². The fourth-order valence-electron chi connectivity index (χ4n) is 1.57. The summed E-state index contributed by atoms with van der Waals surface area (Å²) >= 11 is 1.67. The van der Waals surface area contributed by atoms with Gasteiger partial charge in [0.2, 0.25) is 5.88 Å². The topological polar surface area (TPSA) is 53.1 Å². The van der Waals surface area contributed by atoms with E-state index in [1.54, 1.807) is 11.3 Å². The number of ether oxygens (including phenoxy) is 1. The standard InChI is InChI=1S/C12H17N3OS/c1-8(2)15-12(11(13)9(3)14-15)16-7-10-5-4-6-17-10/h4-6,8H,7,13H2,1-3H3. The van der Waals surface area contributed by atoms with Crippen LogP contribution in [0, 0.1) is 6.92 Å². The van der Waals surface area contributed by atoms with Crippen molar-refractivity contribution in [3.63, 3.8) is 0 Å². The van der Waals surface area contributed by atoms with Crippen LogP contribution in [0.5, 0.6) is 5.88 Å². The third-order valence-corrected chi connectivity index (χ3v) is 3.36. The Morgan fingerprint density at radius 2 is 2.29 bits per heavy atom. The number of nitrogen functional groups attached to an aromatic ring is 1. The minimum Gasteiger partial charge on any atom is -0.471 e. The molecule has 0 bridgehead atoms. The first-order chi connectivity index (χ1) is 8.09. The number of hydrogen-bond donors (Lipinski definition) is 1. The number of aromatic nitrogens is 2. The van der Waals surface area contributed by atoms with Crippen LogP contribution in [0.1, 0.15) is 30.5 Å². The van der Waals surface area contributed by atoms with Crippen LogP contribution < -0.4 is 10.5 Å². The molecular formula is C12H17N3OS. The van der Waals surface area contributed by atoms with Crippen LogP contribution in [-0.2, 0) is 6.61 Å². The molecule has 2 rings (SSSR count). The monoisotopic (exact) mass is 251 g/mol. The molecule has 5 heteroatoms. The summed E-state index contributed by atoms with van der Waals surface area (Å²) in [6.45, 7) is 6.56. The lowest BCUT2D eigenvalue weighted by atomic mass is 10.4. The zero-order chi connectivity index (χ0) is 12.4. The Morgan fingerprint density at radius 3 is 2.88 bits per heavy atom. The van der Waals surface area contributed by atoms with Gasteiger partial charge >= 0.3 is 0 Å². The van der Waals surface area contributed by atoms with Crippen LogP contribution in [0.4, 0.5) is 5.69 Å². The fraction of sp³-hybridized carbons (Fsp3) is 0.417. The normalized spacial score (nSPS) is 11.1. The molecule has 0 radical (unpaired) electrons. The fourth-order valence-corrected chi connectivity index (χ4v) is 2.18. The summed E-state index contributed by atoms with van der Waals surface area (Å²) in [6, 6.07) is 4.30. The Balaban J connectivity index is 2.19. The minimum atomic E-state index is 0.240. The summed E-state index contributed by atoms with van der Waals surface area (Å²) in [5, 5.41) is 6.41. The molecule has 2 aromatic heterocycles. The van der Waals surface area contributed by atoms with Crippen molar-refractivity contribution in [2.24, 2.45) is 0 Å². The lowest BCUT2D eigenvalue weighted by molar-refractivity contribution is 0.269. The lowest BCUT2D eigenvalue weighted by Gasteiger charge is -2.11. The maximum atomic E-state index is 5.98. The number of rotatable bonds is 4. The second kappa shape index (κ2) is 4.79. The second-order valence-electron chi connectivity index (χ2n) is 4.21. The summed E-state index contributed by atoms with van der Waals surface area (Å²) < 4.78 is 7.61. The van der Waals surface area contributed by atoms with Gasteiger partial charge in [0, 0.05) is 4.88 Å². The molecule has 0 aliphatic carbocycles. The van der Waals surface area contributed by atoms with Crippen LogP contribution >= 0.6 is 11.3 Å². The molecule has 92 valence electrons. The molecule has 0 unspecified atom stereocenters. The largest absolute Gasteiger partial charge is 0.471 e. The minimum absolute atomic E-state index is 0.240. The Labute approximate surface area is 105 Å². The Morgan fingerprint density at radius 1 is 1.53 bits per heavy atom. The summed E-state index contributed by atoms with van der Waals surface area (Å²) in [5.41, 5.74) is 7.43. The van der Waals surface area contributed by atoms with E-state index < -0.39 is 0 Å². The predicted molar refractivity (Wildman–Crippen MR) is 70.4 cm³/mol. The van der Waals surface area contributed by atoms with E-state index in [2.05, 4.69) is 18.9 Å². The van der Waals surface area contributed by atoms with Gasteiger partial charge in [-0.2, -0.15) is 5.10 Å². The highest BCUT2D eigenvalue weighted by atomic mass is 32.1. The van der Waals surface area contributed by atoms with Crippen LogP contribution in [-0.4, -0.2) is 9.78 Å². The quantitative estimate of drug-likeness (QED) is 0.908. The highest BCUT2D eigenvalue weighted by Crippen LogP contribution is 2.28. The zero-order valence-corrected chi connectivity index (χ0v) is 11.1. The van der Waals surface area contributed by atoms with Crippen molar-refractivity contribution in [1.82, 2.24) is 9.78 Å². The molecule has 0 saturated carbocycles. The maximum Gasteiger partial charge on any atom is 0.236 e. The molecule has 0 fully saturated rings. The van der Waals surface area contributed by atoms with Crippen molar-refractivity contribution in [2.75, 3.05) is 5.73 Å². The van der Waals surface area contributed by atoms with Gasteiger partial charge in [-0.25, -0.2) is 4.68 Å². The van der Waals surface area contributed by atoms with Gasteiger partial charge in [-0.3, -0.25) is 0 Å². The SMILES string of the molecule is Cc1nn(C(C)C)c(OCc2cccs2)c1N. The second-order valence-corrected chi connectivity index (χ2v) is 5.24. The molecule has 4 nitrogen and oxygen atoms in total. The molecule has 0 aromatic carbocycles. The van der Waals surface area contributed by atoms with Crippen molar-refractivity contribution in [1.29, 1.82) is 0 Å². The molecule has 0 aliphatic heterocycles. The lowest BCUT2D eigenvalue weighted by Crippen LogP contribution is -2.07. The molecule has 2 N–H and O–H groups in total. The molecule has 0 spiro atoms. The molecule has 0 saturated heterocycles. The first kappa shape index (κ1) is 12.0. The molecule has 0 aliphatic rings. The molecule has 17 heavy (non-hydrogen) atoms. The summed E-state index contributed by atoms with van der Waals surface area (Å²) in [6.07, 6.45) is 0. The Kier molecular flexibility index (Phi) is 3.38. The number of hydrogen-bond acceptors (Lipinski definition) is 4. The number of nitrogens with two attached hydrogens (primary N) is 1. The van der Waals surface area contributed by atoms with E-state index in [4.69, 9.17) is 10.5 Å². The van der Waals surface area contributed by atoms with Crippen molar-refractivity contribution in [3.8, 4) is 5.88 Å². The highest BCUT2D eigenvalue weighted by Gasteiger charge is 2.16. The van der Waals surface area contributed by atoms with Gasteiger partial charge in [0.25, 0.3) is 0 Å². The van der Waals surface area contributed by atoms with E-state index in [1.165, 1.54) is 4.88 Å². The third kappa shape index (κ3) is 2.44. The Bertz CT molecular complexity index is 488. The van der Waals surface area contributed by atoms with Crippen LogP contribution in [0.25, 0.3) is 0 Å². The first-order valence-corrected chi connectivity index (χ1v) is 6.47. The highest BCUT2D eigenvalue weighted by molar-refractivity contribution is 7.09. The molecule has 2 aromatic rings. The number of nitrogens with zero attached hydrogens (tertiary/aromatic N) is 2. The van der Waals surface area contributed by atoms with E-state index in [0.717, 1.165) is 5.69 Å². The van der Waals surface area contributed by atoms with Crippen molar-refractivity contribution >= 4 is 17.0 Å².